The lowest BCUT2D eigenvalue weighted by molar-refractivity contribution is -0.154. The number of hydrogen-bond acceptors (Lipinski definition) is 3. The van der Waals surface area contributed by atoms with E-state index in [2.05, 4.69) is 13.8 Å². The number of carbonyl (C=O) groups is 2. The van der Waals surface area contributed by atoms with Crippen LogP contribution in [0.15, 0.2) is 11.1 Å². The smallest absolute Gasteiger partial charge is 0.302 e. The molecule has 6 atom stereocenters. The number of hydrogen-bond donors (Lipinski definition) is 0. The predicted molar refractivity (Wildman–Crippen MR) is 92.3 cm³/mol. The Bertz CT molecular complexity index is 604. The van der Waals surface area contributed by atoms with Crippen molar-refractivity contribution in [2.45, 2.75) is 78.2 Å². The first-order valence-electron chi connectivity index (χ1n) is 9.80. The Kier molecular flexibility index (Phi) is 3.89. The summed E-state index contributed by atoms with van der Waals surface area (Å²) in [5.74, 6) is 3.12. The molecule has 3 fully saturated rings. The fourth-order valence-electron chi connectivity index (χ4n) is 6.73. The Hall–Kier alpha value is -1.12. The van der Waals surface area contributed by atoms with Gasteiger partial charge in [-0.2, -0.15) is 0 Å². The molecule has 24 heavy (non-hydrogen) atoms. The third-order valence-corrected chi connectivity index (χ3v) is 8.02. The number of fused-ring (bicyclic) bond motifs is 5. The van der Waals surface area contributed by atoms with Gasteiger partial charge in [-0.15, -0.1) is 0 Å². The highest BCUT2D eigenvalue weighted by Crippen LogP contribution is 2.64. The van der Waals surface area contributed by atoms with Crippen LogP contribution in [0.2, 0.25) is 0 Å². The first-order valence-corrected chi connectivity index (χ1v) is 9.80. The average molecular weight is 330 g/mol. The molecule has 0 aromatic carbocycles. The number of Topliss-reactive ketones (excluding diaryl/α,β-unsaturated/α-hetero) is 1. The number of ether oxygens (including phenoxy) is 1. The van der Waals surface area contributed by atoms with E-state index in [0.29, 0.717) is 23.0 Å². The van der Waals surface area contributed by atoms with Gasteiger partial charge in [-0.25, -0.2) is 0 Å². The minimum atomic E-state index is -0.136. The third-order valence-electron chi connectivity index (χ3n) is 8.02. The van der Waals surface area contributed by atoms with Crippen molar-refractivity contribution in [3.05, 3.63) is 11.1 Å². The van der Waals surface area contributed by atoms with Crippen molar-refractivity contribution in [3.63, 3.8) is 0 Å². The first-order chi connectivity index (χ1) is 11.4. The fraction of sp³-hybridized carbons (Fsp3) is 0.810. The zero-order valence-electron chi connectivity index (χ0n) is 15.3. The summed E-state index contributed by atoms with van der Waals surface area (Å²) in [6.07, 6.45) is 8.92. The molecule has 0 unspecified atom stereocenters. The van der Waals surface area contributed by atoms with Crippen molar-refractivity contribution >= 4 is 11.8 Å². The molecule has 3 saturated carbocycles. The Balaban J connectivity index is 1.58. The summed E-state index contributed by atoms with van der Waals surface area (Å²) in [4.78, 5) is 23.5. The van der Waals surface area contributed by atoms with E-state index in [4.69, 9.17) is 4.74 Å². The van der Waals surface area contributed by atoms with Gasteiger partial charge in [0.2, 0.25) is 0 Å². The van der Waals surface area contributed by atoms with Gasteiger partial charge < -0.3 is 4.74 Å². The first kappa shape index (κ1) is 16.4. The lowest BCUT2D eigenvalue weighted by Crippen LogP contribution is -2.47. The third kappa shape index (κ3) is 2.38. The number of allylic oxidation sites excluding steroid dienone is 2. The summed E-state index contributed by atoms with van der Waals surface area (Å²) < 4.78 is 5.53. The Morgan fingerprint density at radius 1 is 1.21 bits per heavy atom. The summed E-state index contributed by atoms with van der Waals surface area (Å²) in [6.45, 7) is 6.09. The summed E-state index contributed by atoms with van der Waals surface area (Å²) in [5, 5.41) is 0. The molecule has 0 aliphatic heterocycles. The minimum Gasteiger partial charge on any atom is -0.463 e. The van der Waals surface area contributed by atoms with Crippen LogP contribution in [-0.4, -0.2) is 17.9 Å². The standard InChI is InChI=1S/C21H30O3/c1-12-18-11-19-17(16(18)6-7-20(12)23)5-4-14-10-15(24-13(2)22)8-9-21(14,19)3/h14-17,19H,4-11H2,1-3H3/t14-,15-,16-,17-,19-,21-/m0/s1. The molecule has 0 aromatic heterocycles. The maximum absolute atomic E-state index is 12.1. The number of carbonyl (C=O) groups excluding carboxylic acids is 2. The minimum absolute atomic E-state index is 0.128. The van der Waals surface area contributed by atoms with Gasteiger partial charge in [0.15, 0.2) is 5.78 Å². The molecule has 0 radical (unpaired) electrons. The Morgan fingerprint density at radius 2 is 2.00 bits per heavy atom. The Labute approximate surface area is 145 Å². The summed E-state index contributed by atoms with van der Waals surface area (Å²) in [7, 11) is 0. The van der Waals surface area contributed by atoms with Gasteiger partial charge in [0.25, 0.3) is 0 Å². The molecule has 0 saturated heterocycles. The predicted octanol–water partition coefficient (Wildman–Crippen LogP) is 4.45. The number of rotatable bonds is 1. The van der Waals surface area contributed by atoms with Crippen LogP contribution in [0.3, 0.4) is 0 Å². The zero-order chi connectivity index (χ0) is 17.1. The molecule has 0 heterocycles. The van der Waals surface area contributed by atoms with Crippen molar-refractivity contribution < 1.29 is 14.3 Å². The summed E-state index contributed by atoms with van der Waals surface area (Å²) >= 11 is 0. The topological polar surface area (TPSA) is 43.4 Å². The van der Waals surface area contributed by atoms with Crippen LogP contribution < -0.4 is 0 Å². The van der Waals surface area contributed by atoms with Crippen LogP contribution in [0.4, 0.5) is 0 Å². The highest BCUT2D eigenvalue weighted by Gasteiger charge is 2.56. The van der Waals surface area contributed by atoms with Crippen LogP contribution in [0.5, 0.6) is 0 Å². The van der Waals surface area contributed by atoms with Gasteiger partial charge in [-0.05, 0) is 86.5 Å². The molecular formula is C21H30O3. The van der Waals surface area contributed by atoms with Gasteiger partial charge in [0.1, 0.15) is 6.10 Å². The van der Waals surface area contributed by atoms with Crippen molar-refractivity contribution in [3.8, 4) is 0 Å². The van der Waals surface area contributed by atoms with Gasteiger partial charge in [0.05, 0.1) is 0 Å². The SMILES string of the molecule is CC(=O)O[C@H]1CC[C@@]2(C)[C@@H](CC[C@H]3[C@@H]4CCC(=O)C(C)=C4C[C@@H]32)C1. The van der Waals surface area contributed by atoms with E-state index in [9.17, 15) is 9.59 Å². The lowest BCUT2D eigenvalue weighted by atomic mass is 9.52. The summed E-state index contributed by atoms with van der Waals surface area (Å²) in [5.41, 5.74) is 2.97. The van der Waals surface area contributed by atoms with Crippen LogP contribution in [0, 0.1) is 29.1 Å². The van der Waals surface area contributed by atoms with Crippen molar-refractivity contribution in [1.82, 2.24) is 0 Å². The molecule has 0 amide bonds. The second kappa shape index (κ2) is 5.71. The number of ketones is 1. The highest BCUT2D eigenvalue weighted by atomic mass is 16.5. The van der Waals surface area contributed by atoms with Gasteiger partial charge in [-0.3, -0.25) is 9.59 Å². The number of esters is 1. The molecule has 0 N–H and O–H groups in total. The quantitative estimate of drug-likeness (QED) is 0.667. The molecule has 4 rings (SSSR count). The Morgan fingerprint density at radius 3 is 2.75 bits per heavy atom. The lowest BCUT2D eigenvalue weighted by Gasteiger charge is -2.53. The summed E-state index contributed by atoms with van der Waals surface area (Å²) in [6, 6.07) is 0. The molecule has 3 nitrogen and oxygen atoms in total. The van der Waals surface area contributed by atoms with Gasteiger partial charge in [0, 0.05) is 13.3 Å². The van der Waals surface area contributed by atoms with Crippen LogP contribution >= 0.6 is 0 Å². The molecule has 0 aromatic rings. The second-order valence-corrected chi connectivity index (χ2v) is 8.98. The van der Waals surface area contributed by atoms with E-state index in [1.165, 1.54) is 31.8 Å². The zero-order valence-corrected chi connectivity index (χ0v) is 15.3. The van der Waals surface area contributed by atoms with Crippen molar-refractivity contribution in [2.24, 2.45) is 29.1 Å². The highest BCUT2D eigenvalue weighted by molar-refractivity contribution is 5.96. The van der Waals surface area contributed by atoms with Gasteiger partial charge >= 0.3 is 5.97 Å². The molecule has 4 aliphatic rings. The maximum Gasteiger partial charge on any atom is 0.302 e. The van der Waals surface area contributed by atoms with E-state index >= 15 is 0 Å². The van der Waals surface area contributed by atoms with Crippen LogP contribution in [0.1, 0.15) is 72.1 Å². The second-order valence-electron chi connectivity index (χ2n) is 8.98. The molecular weight excluding hydrogens is 300 g/mol. The normalized spacial score (nSPS) is 44.6. The average Bonchev–Trinajstić information content (AvgIpc) is 2.92. The van der Waals surface area contributed by atoms with Crippen molar-refractivity contribution in [1.29, 1.82) is 0 Å². The molecule has 0 spiro atoms. The van der Waals surface area contributed by atoms with E-state index < -0.39 is 0 Å². The molecule has 0 bridgehead atoms. The molecule has 3 heteroatoms. The van der Waals surface area contributed by atoms with E-state index in [-0.39, 0.29) is 12.1 Å². The molecule has 4 aliphatic carbocycles. The monoisotopic (exact) mass is 330 g/mol. The van der Waals surface area contributed by atoms with Crippen LogP contribution in [-0.2, 0) is 14.3 Å². The van der Waals surface area contributed by atoms with Crippen LogP contribution in [0.25, 0.3) is 0 Å². The molecule has 132 valence electrons. The fourth-order valence-corrected chi connectivity index (χ4v) is 6.73. The van der Waals surface area contributed by atoms with Crippen molar-refractivity contribution in [2.75, 3.05) is 0 Å². The van der Waals surface area contributed by atoms with E-state index in [1.54, 1.807) is 0 Å². The maximum atomic E-state index is 12.1. The largest absolute Gasteiger partial charge is 0.463 e. The van der Waals surface area contributed by atoms with E-state index in [0.717, 1.165) is 49.5 Å². The van der Waals surface area contributed by atoms with Gasteiger partial charge in [-0.1, -0.05) is 12.5 Å². The van der Waals surface area contributed by atoms with E-state index in [1.807, 2.05) is 0 Å².